The van der Waals surface area contributed by atoms with Crippen LogP contribution in [0.4, 0.5) is 0 Å². The Morgan fingerprint density at radius 3 is 1.52 bits per heavy atom. The van der Waals surface area contributed by atoms with Crippen LogP contribution >= 0.6 is 6.60 Å². The molecule has 0 saturated carbocycles. The maximum atomic E-state index is 13.2. The number of esters is 1. The minimum atomic E-state index is -2.94. The van der Waals surface area contributed by atoms with Gasteiger partial charge in [-0.3, -0.25) is 0 Å². The van der Waals surface area contributed by atoms with E-state index in [2.05, 4.69) is 72.8 Å². The SMILES string of the molecule is CCOC(=O)C1CCP1(c1ccccc1)(c1ccccc1)c1ccccc1. The van der Waals surface area contributed by atoms with Gasteiger partial charge in [0.15, 0.2) is 0 Å². The van der Waals surface area contributed by atoms with Crippen LogP contribution in [0.15, 0.2) is 91.0 Å². The molecule has 3 aromatic rings. The first kappa shape index (κ1) is 17.9. The van der Waals surface area contributed by atoms with E-state index in [1.165, 1.54) is 15.9 Å². The molecule has 2 nitrogen and oxygen atoms in total. The summed E-state index contributed by atoms with van der Waals surface area (Å²) >= 11 is 0. The monoisotopic (exact) mass is 376 g/mol. The average molecular weight is 376 g/mol. The van der Waals surface area contributed by atoms with Gasteiger partial charge in [0, 0.05) is 0 Å². The van der Waals surface area contributed by atoms with Gasteiger partial charge in [0.2, 0.25) is 0 Å². The first-order valence-electron chi connectivity index (χ1n) is 9.58. The summed E-state index contributed by atoms with van der Waals surface area (Å²) < 4.78 is 5.58. The van der Waals surface area contributed by atoms with E-state index in [-0.39, 0.29) is 11.6 Å². The van der Waals surface area contributed by atoms with Crippen LogP contribution in [0, 0.1) is 0 Å². The summed E-state index contributed by atoms with van der Waals surface area (Å²) in [5, 5.41) is 3.85. The van der Waals surface area contributed by atoms with Crippen LogP contribution in [0.5, 0.6) is 0 Å². The van der Waals surface area contributed by atoms with Crippen molar-refractivity contribution in [1.29, 1.82) is 0 Å². The van der Waals surface area contributed by atoms with Gasteiger partial charge in [0.05, 0.1) is 0 Å². The second-order valence-electron chi connectivity index (χ2n) is 7.17. The Bertz CT molecular complexity index is 823. The quantitative estimate of drug-likeness (QED) is 0.499. The third kappa shape index (κ3) is 2.40. The second-order valence-corrected chi connectivity index (χ2v) is 12.5. The van der Waals surface area contributed by atoms with E-state index in [9.17, 15) is 4.79 Å². The Morgan fingerprint density at radius 2 is 1.22 bits per heavy atom. The van der Waals surface area contributed by atoms with Crippen molar-refractivity contribution >= 4 is 28.5 Å². The number of carbonyl (C=O) groups excluding carboxylic acids is 1. The van der Waals surface area contributed by atoms with Crippen LogP contribution in [-0.2, 0) is 9.53 Å². The summed E-state index contributed by atoms with van der Waals surface area (Å²) in [6, 6.07) is 32.0. The van der Waals surface area contributed by atoms with Gasteiger partial charge in [0.25, 0.3) is 0 Å². The van der Waals surface area contributed by atoms with Crippen molar-refractivity contribution in [2.24, 2.45) is 0 Å². The molecule has 1 heterocycles. The molecule has 4 rings (SSSR count). The van der Waals surface area contributed by atoms with E-state index in [1.54, 1.807) is 0 Å². The molecule has 27 heavy (non-hydrogen) atoms. The second kappa shape index (κ2) is 6.94. The molecule has 1 aliphatic rings. The van der Waals surface area contributed by atoms with Crippen LogP contribution in [0.3, 0.4) is 0 Å². The van der Waals surface area contributed by atoms with Gasteiger partial charge in [-0.2, -0.15) is 0 Å². The van der Waals surface area contributed by atoms with Gasteiger partial charge in [-0.15, -0.1) is 0 Å². The fourth-order valence-electron chi connectivity index (χ4n) is 4.91. The average Bonchev–Trinajstić information content (AvgIpc) is 2.71. The number of benzene rings is 3. The fourth-order valence-corrected chi connectivity index (χ4v) is 12.1. The molecule has 0 spiro atoms. The topological polar surface area (TPSA) is 26.3 Å². The molecular formula is C24H25O2P. The van der Waals surface area contributed by atoms with Gasteiger partial charge < -0.3 is 0 Å². The number of rotatable bonds is 5. The van der Waals surface area contributed by atoms with E-state index >= 15 is 0 Å². The fraction of sp³-hybridized carbons (Fsp3) is 0.208. The Hall–Kier alpha value is -2.44. The molecule has 0 radical (unpaired) electrons. The van der Waals surface area contributed by atoms with Crippen LogP contribution < -0.4 is 15.9 Å². The van der Waals surface area contributed by atoms with Gasteiger partial charge in [-0.1, -0.05) is 0 Å². The summed E-state index contributed by atoms with van der Waals surface area (Å²) in [5.74, 6) is -0.0574. The van der Waals surface area contributed by atoms with Crippen molar-refractivity contribution in [3.05, 3.63) is 91.0 Å². The van der Waals surface area contributed by atoms with Crippen molar-refractivity contribution < 1.29 is 9.53 Å². The number of carbonyl (C=O) groups is 1. The third-order valence-corrected chi connectivity index (χ3v) is 13.6. The minimum absolute atomic E-state index is 0.0574. The zero-order valence-electron chi connectivity index (χ0n) is 15.6. The predicted octanol–water partition coefficient (Wildman–Crippen LogP) is 3.85. The molecule has 0 N–H and O–H groups in total. The molecule has 0 aliphatic carbocycles. The number of hydrogen-bond acceptors (Lipinski definition) is 2. The molecule has 0 aromatic heterocycles. The molecule has 3 aromatic carbocycles. The standard InChI is InChI=1S/C24H25O2P/c1-2-26-24(25)23-18-19-27(23,20-12-6-3-7-13-20,21-14-8-4-9-15-21)22-16-10-5-11-17-22/h3-17,23H,2,18-19H2,1H3. The predicted molar refractivity (Wildman–Crippen MR) is 115 cm³/mol. The summed E-state index contributed by atoms with van der Waals surface area (Å²) in [6.45, 7) is -0.634. The molecule has 0 bridgehead atoms. The Labute approximate surface area is 161 Å². The van der Waals surface area contributed by atoms with Gasteiger partial charge in [-0.05, 0) is 0 Å². The van der Waals surface area contributed by atoms with Crippen molar-refractivity contribution in [3.8, 4) is 0 Å². The number of ether oxygens (including phenoxy) is 1. The van der Waals surface area contributed by atoms with Crippen molar-refractivity contribution in [2.45, 2.75) is 19.0 Å². The number of hydrogen-bond donors (Lipinski definition) is 0. The maximum absolute atomic E-state index is 13.2. The van der Waals surface area contributed by atoms with Gasteiger partial charge >= 0.3 is 161 Å². The summed E-state index contributed by atoms with van der Waals surface area (Å²) in [5.41, 5.74) is -0.122. The molecule has 1 atom stereocenters. The van der Waals surface area contributed by atoms with Crippen LogP contribution in [0.25, 0.3) is 0 Å². The van der Waals surface area contributed by atoms with Crippen LogP contribution in [0.2, 0.25) is 0 Å². The Morgan fingerprint density at radius 1 is 0.815 bits per heavy atom. The first-order chi connectivity index (χ1) is 13.2. The molecule has 1 saturated heterocycles. The van der Waals surface area contributed by atoms with E-state index in [0.717, 1.165) is 12.6 Å². The van der Waals surface area contributed by atoms with E-state index in [0.29, 0.717) is 6.61 Å². The third-order valence-electron chi connectivity index (χ3n) is 6.15. The van der Waals surface area contributed by atoms with Crippen molar-refractivity contribution in [2.75, 3.05) is 12.8 Å². The normalized spacial score (nSPS) is 21.2. The van der Waals surface area contributed by atoms with Gasteiger partial charge in [0.1, 0.15) is 0 Å². The van der Waals surface area contributed by atoms with Crippen molar-refractivity contribution in [3.63, 3.8) is 0 Å². The van der Waals surface area contributed by atoms with Crippen LogP contribution in [-0.4, -0.2) is 24.4 Å². The molecule has 3 heteroatoms. The zero-order valence-corrected chi connectivity index (χ0v) is 16.5. The van der Waals surface area contributed by atoms with E-state index in [1.807, 2.05) is 25.1 Å². The molecule has 1 aliphatic heterocycles. The Balaban J connectivity index is 2.10. The summed E-state index contributed by atoms with van der Waals surface area (Å²) in [6.07, 6.45) is 1.88. The molecular weight excluding hydrogens is 351 g/mol. The van der Waals surface area contributed by atoms with Crippen LogP contribution in [0.1, 0.15) is 13.3 Å². The van der Waals surface area contributed by atoms with Crippen molar-refractivity contribution in [1.82, 2.24) is 0 Å². The van der Waals surface area contributed by atoms with Gasteiger partial charge in [-0.25, -0.2) is 0 Å². The molecule has 0 amide bonds. The molecule has 1 fully saturated rings. The zero-order chi connectivity index (χ0) is 18.8. The molecule has 1 unspecified atom stereocenters. The summed E-state index contributed by atoms with van der Waals surface area (Å²) in [4.78, 5) is 13.2. The molecule has 138 valence electrons. The van der Waals surface area contributed by atoms with E-state index in [4.69, 9.17) is 4.74 Å². The summed E-state index contributed by atoms with van der Waals surface area (Å²) in [7, 11) is 0. The Kier molecular flexibility index (Phi) is 4.61. The van der Waals surface area contributed by atoms with E-state index < -0.39 is 6.60 Å². The first-order valence-corrected chi connectivity index (χ1v) is 12.1.